The monoisotopic (exact) mass is 252 g/mol. The molecule has 3 N–H and O–H groups in total. The van der Waals surface area contributed by atoms with Crippen molar-refractivity contribution in [3.63, 3.8) is 0 Å². The quantitative estimate of drug-likeness (QED) is 0.565. The number of amidine groups is 1. The maximum absolute atomic E-state index is 7.45. The number of aromatic nitrogens is 3. The van der Waals surface area contributed by atoms with E-state index in [1.807, 2.05) is 11.6 Å². The molecule has 0 fully saturated rings. The zero-order valence-electron chi connectivity index (χ0n) is 11.7. The topological polar surface area (TPSA) is 83.8 Å². The predicted molar refractivity (Wildman–Crippen MR) is 72.4 cm³/mol. The molecule has 6 nitrogen and oxygen atoms in total. The molecule has 0 aromatic carbocycles. The molecule has 18 heavy (non-hydrogen) atoms. The van der Waals surface area contributed by atoms with Crippen molar-refractivity contribution in [3.8, 4) is 0 Å². The summed E-state index contributed by atoms with van der Waals surface area (Å²) >= 11 is 0. The highest BCUT2D eigenvalue weighted by atomic mass is 15.4. The van der Waals surface area contributed by atoms with E-state index in [0.717, 1.165) is 25.5 Å². The zero-order valence-corrected chi connectivity index (χ0v) is 11.7. The molecule has 0 saturated heterocycles. The van der Waals surface area contributed by atoms with Crippen LogP contribution in [0.2, 0.25) is 0 Å². The van der Waals surface area contributed by atoms with Gasteiger partial charge in [0, 0.05) is 18.5 Å². The molecule has 0 bridgehead atoms. The first kappa shape index (κ1) is 14.6. The molecule has 0 radical (unpaired) electrons. The predicted octanol–water partition coefficient (Wildman–Crippen LogP) is 1.25. The van der Waals surface area contributed by atoms with Crippen LogP contribution < -0.4 is 5.73 Å². The van der Waals surface area contributed by atoms with E-state index in [9.17, 15) is 0 Å². The highest BCUT2D eigenvalue weighted by molar-refractivity contribution is 5.79. The van der Waals surface area contributed by atoms with Crippen LogP contribution in [-0.4, -0.2) is 38.6 Å². The Kier molecular flexibility index (Phi) is 5.27. The summed E-state index contributed by atoms with van der Waals surface area (Å²) in [7, 11) is 0. The van der Waals surface area contributed by atoms with Gasteiger partial charge < -0.3 is 5.73 Å². The van der Waals surface area contributed by atoms with E-state index in [1.165, 1.54) is 0 Å². The summed E-state index contributed by atoms with van der Waals surface area (Å²) in [5, 5.41) is 11.7. The average Bonchev–Trinajstić information content (AvgIpc) is 2.75. The second-order valence-electron chi connectivity index (χ2n) is 4.90. The highest BCUT2D eigenvalue weighted by Crippen LogP contribution is 2.09. The minimum absolute atomic E-state index is 0.0698. The van der Waals surface area contributed by atoms with Crippen molar-refractivity contribution in [3.05, 3.63) is 12.2 Å². The molecule has 0 spiro atoms. The number of hydrogen-bond acceptors (Lipinski definition) is 4. The Morgan fingerprint density at radius 2 is 2.17 bits per heavy atom. The van der Waals surface area contributed by atoms with Crippen LogP contribution >= 0.6 is 0 Å². The van der Waals surface area contributed by atoms with E-state index < -0.39 is 0 Å². The highest BCUT2D eigenvalue weighted by Gasteiger charge is 2.15. The van der Waals surface area contributed by atoms with Crippen molar-refractivity contribution >= 4 is 5.84 Å². The molecule has 1 aromatic rings. The summed E-state index contributed by atoms with van der Waals surface area (Å²) in [6.07, 6.45) is 1.59. The molecular formula is C12H24N6. The molecule has 0 aliphatic heterocycles. The number of nitrogens with zero attached hydrogens (tertiary/aromatic N) is 4. The third-order valence-corrected chi connectivity index (χ3v) is 3.01. The van der Waals surface area contributed by atoms with Gasteiger partial charge in [-0.2, -0.15) is 5.10 Å². The van der Waals surface area contributed by atoms with E-state index in [2.05, 4.69) is 35.8 Å². The van der Waals surface area contributed by atoms with Gasteiger partial charge in [0.25, 0.3) is 0 Å². The van der Waals surface area contributed by atoms with Gasteiger partial charge in [0.1, 0.15) is 12.2 Å². The Hall–Kier alpha value is -1.43. The Morgan fingerprint density at radius 1 is 1.50 bits per heavy atom. The SMILES string of the molecule is CCN(Cc1ncnn1C(C)C)CC(C)C(=N)N. The third kappa shape index (κ3) is 3.80. The van der Waals surface area contributed by atoms with Gasteiger partial charge in [0.05, 0.1) is 12.4 Å². The largest absolute Gasteiger partial charge is 0.387 e. The van der Waals surface area contributed by atoms with Crippen LogP contribution in [0.25, 0.3) is 0 Å². The lowest BCUT2D eigenvalue weighted by atomic mass is 10.1. The average molecular weight is 252 g/mol. The summed E-state index contributed by atoms with van der Waals surface area (Å²) in [6.45, 7) is 10.7. The minimum atomic E-state index is 0.0698. The van der Waals surface area contributed by atoms with Crippen LogP contribution in [-0.2, 0) is 6.54 Å². The zero-order chi connectivity index (χ0) is 13.7. The molecule has 0 aliphatic rings. The Labute approximate surface area is 109 Å². The molecule has 0 aliphatic carbocycles. The lowest BCUT2D eigenvalue weighted by Gasteiger charge is -2.23. The first-order valence-electron chi connectivity index (χ1n) is 6.40. The molecular weight excluding hydrogens is 228 g/mol. The molecule has 1 unspecified atom stereocenters. The standard InChI is InChI=1S/C12H24N6/c1-5-17(6-10(4)12(13)14)7-11-15-8-16-18(11)9(2)3/h8-10H,5-7H2,1-4H3,(H3,13,14). The Morgan fingerprint density at radius 3 is 2.67 bits per heavy atom. The van der Waals surface area contributed by atoms with Gasteiger partial charge in [-0.3, -0.25) is 10.3 Å². The van der Waals surface area contributed by atoms with E-state index in [-0.39, 0.29) is 11.8 Å². The second-order valence-corrected chi connectivity index (χ2v) is 4.90. The van der Waals surface area contributed by atoms with Gasteiger partial charge in [0.15, 0.2) is 0 Å². The lowest BCUT2D eigenvalue weighted by Crippen LogP contribution is -2.35. The van der Waals surface area contributed by atoms with Gasteiger partial charge in [-0.15, -0.1) is 0 Å². The van der Waals surface area contributed by atoms with Gasteiger partial charge >= 0.3 is 0 Å². The summed E-state index contributed by atoms with van der Waals surface area (Å²) in [5.41, 5.74) is 5.51. The van der Waals surface area contributed by atoms with Crippen LogP contribution in [0.4, 0.5) is 0 Å². The molecule has 1 rings (SSSR count). The minimum Gasteiger partial charge on any atom is -0.387 e. The van der Waals surface area contributed by atoms with Crippen molar-refractivity contribution in [2.45, 2.75) is 40.3 Å². The van der Waals surface area contributed by atoms with Gasteiger partial charge in [0.2, 0.25) is 0 Å². The van der Waals surface area contributed by atoms with Gasteiger partial charge in [-0.05, 0) is 20.4 Å². The van der Waals surface area contributed by atoms with Crippen LogP contribution in [0.1, 0.15) is 39.6 Å². The summed E-state index contributed by atoms with van der Waals surface area (Å²) in [4.78, 5) is 6.53. The summed E-state index contributed by atoms with van der Waals surface area (Å²) < 4.78 is 1.93. The molecule has 0 amide bonds. The molecule has 6 heteroatoms. The van der Waals surface area contributed by atoms with Crippen LogP contribution in [0.3, 0.4) is 0 Å². The van der Waals surface area contributed by atoms with Crippen molar-refractivity contribution in [2.75, 3.05) is 13.1 Å². The fourth-order valence-corrected chi connectivity index (χ4v) is 1.81. The van der Waals surface area contributed by atoms with E-state index in [4.69, 9.17) is 11.1 Å². The van der Waals surface area contributed by atoms with Crippen LogP contribution in [0, 0.1) is 11.3 Å². The lowest BCUT2D eigenvalue weighted by molar-refractivity contribution is 0.249. The number of nitrogens with two attached hydrogens (primary N) is 1. The Bertz CT molecular complexity index is 384. The number of rotatable bonds is 7. The number of nitrogens with one attached hydrogen (secondary N) is 1. The van der Waals surface area contributed by atoms with Crippen molar-refractivity contribution in [1.82, 2.24) is 19.7 Å². The smallest absolute Gasteiger partial charge is 0.141 e. The van der Waals surface area contributed by atoms with Gasteiger partial charge in [-0.25, -0.2) is 9.67 Å². The van der Waals surface area contributed by atoms with Crippen molar-refractivity contribution < 1.29 is 0 Å². The molecule has 1 atom stereocenters. The van der Waals surface area contributed by atoms with E-state index in [0.29, 0.717) is 6.04 Å². The fraction of sp³-hybridized carbons (Fsp3) is 0.750. The van der Waals surface area contributed by atoms with Crippen LogP contribution in [0.15, 0.2) is 6.33 Å². The van der Waals surface area contributed by atoms with Crippen LogP contribution in [0.5, 0.6) is 0 Å². The molecule has 102 valence electrons. The fourth-order valence-electron chi connectivity index (χ4n) is 1.81. The van der Waals surface area contributed by atoms with E-state index >= 15 is 0 Å². The van der Waals surface area contributed by atoms with E-state index in [1.54, 1.807) is 6.33 Å². The van der Waals surface area contributed by atoms with Gasteiger partial charge in [-0.1, -0.05) is 13.8 Å². The maximum atomic E-state index is 7.45. The molecule has 0 saturated carbocycles. The summed E-state index contributed by atoms with van der Waals surface area (Å²) in [5.74, 6) is 1.27. The number of hydrogen-bond donors (Lipinski definition) is 2. The maximum Gasteiger partial charge on any atom is 0.141 e. The molecule has 1 heterocycles. The Balaban J connectivity index is 2.68. The molecule has 1 aromatic heterocycles. The summed E-state index contributed by atoms with van der Waals surface area (Å²) in [6, 6.07) is 0.312. The second kappa shape index (κ2) is 6.49. The third-order valence-electron chi connectivity index (χ3n) is 3.01. The van der Waals surface area contributed by atoms with Crippen molar-refractivity contribution in [2.24, 2.45) is 11.7 Å². The van der Waals surface area contributed by atoms with Crippen molar-refractivity contribution in [1.29, 1.82) is 5.41 Å². The first-order chi connectivity index (χ1) is 8.45. The normalized spacial score (nSPS) is 13.2. The first-order valence-corrected chi connectivity index (χ1v) is 6.40.